The minimum absolute atomic E-state index is 0.0496. The molecule has 1 saturated heterocycles. The van der Waals surface area contributed by atoms with E-state index in [1.54, 1.807) is 13.0 Å². The molecule has 7 unspecified atom stereocenters. The smallest absolute Gasteiger partial charge is 0.219 e. The average Bonchev–Trinajstić information content (AvgIpc) is 3.51. The van der Waals surface area contributed by atoms with E-state index in [0.29, 0.717) is 36.8 Å². The maximum atomic E-state index is 13.5. The van der Waals surface area contributed by atoms with Crippen molar-refractivity contribution >= 4 is 27.6 Å². The molecule has 1 aliphatic heterocycles. The Morgan fingerprint density at radius 2 is 1.57 bits per heavy atom. The van der Waals surface area contributed by atoms with E-state index in [2.05, 4.69) is 69.2 Å². The predicted octanol–water partition coefficient (Wildman–Crippen LogP) is 8.87. The van der Waals surface area contributed by atoms with Crippen LogP contribution in [0.4, 0.5) is 0 Å². The lowest BCUT2D eigenvalue weighted by Gasteiger charge is -2.72. The third-order valence-electron chi connectivity index (χ3n) is 16.2. The van der Waals surface area contributed by atoms with Crippen LogP contribution in [-0.2, 0) is 14.6 Å². The number of fused-ring (bicyclic) bond motifs is 7. The summed E-state index contributed by atoms with van der Waals surface area (Å²) in [4.78, 5) is 29.4. The van der Waals surface area contributed by atoms with E-state index in [1.165, 1.54) is 56.1 Å². The number of sulfone groups is 1. The van der Waals surface area contributed by atoms with Crippen LogP contribution in [0.25, 0.3) is 5.57 Å². The number of nitrogens with zero attached hydrogens (tertiary/aromatic N) is 2. The quantitative estimate of drug-likeness (QED) is 0.217. The molecule has 282 valence electrons. The zero-order chi connectivity index (χ0) is 37.0. The Balaban J connectivity index is 0.00000144. The van der Waals surface area contributed by atoms with Crippen LogP contribution < -0.4 is 0 Å². The maximum absolute atomic E-state index is 13.5. The van der Waals surface area contributed by atoms with Gasteiger partial charge in [0.05, 0.1) is 11.5 Å². The Morgan fingerprint density at radius 1 is 0.902 bits per heavy atom. The van der Waals surface area contributed by atoms with Gasteiger partial charge in [0.1, 0.15) is 6.29 Å². The second-order valence-corrected chi connectivity index (χ2v) is 20.9. The second-order valence-electron chi connectivity index (χ2n) is 18.6. The zero-order valence-corrected chi connectivity index (χ0v) is 33.6. The summed E-state index contributed by atoms with van der Waals surface area (Å²) in [6.07, 6.45) is 17.3. The van der Waals surface area contributed by atoms with Gasteiger partial charge in [-0.25, -0.2) is 8.42 Å². The first-order chi connectivity index (χ1) is 24.0. The summed E-state index contributed by atoms with van der Waals surface area (Å²) in [6.45, 7) is 22.7. The highest BCUT2D eigenvalue weighted by Crippen LogP contribution is 2.76. The van der Waals surface area contributed by atoms with Gasteiger partial charge in [-0.05, 0) is 121 Å². The molecule has 1 amide bonds. The first kappa shape index (κ1) is 38.5. The van der Waals surface area contributed by atoms with E-state index in [4.69, 9.17) is 0 Å². The SMILES string of the molecule is C=CC.CC(=O)N(CCN1CCS(=O)(=O)CC1)C12CCCC1C1CCC3C4(C)CC=C(c5ccc(C=O)cc5)C(C)(C)C4CCC3(C)[C@]1(C)CC2. The summed E-state index contributed by atoms with van der Waals surface area (Å²) in [5, 5.41) is 0. The molecular formula is C44H66N2O4S. The van der Waals surface area contributed by atoms with Crippen molar-refractivity contribution in [1.29, 1.82) is 0 Å². The number of aldehydes is 1. The summed E-state index contributed by atoms with van der Waals surface area (Å²) >= 11 is 0. The van der Waals surface area contributed by atoms with Crippen LogP contribution in [0.5, 0.6) is 0 Å². The van der Waals surface area contributed by atoms with Gasteiger partial charge in [-0.1, -0.05) is 77.5 Å². The lowest BCUT2D eigenvalue weighted by atomic mass is 9.33. The molecule has 4 saturated carbocycles. The highest BCUT2D eigenvalue weighted by atomic mass is 32.2. The summed E-state index contributed by atoms with van der Waals surface area (Å²) in [7, 11) is -2.91. The number of amides is 1. The molecule has 5 fully saturated rings. The predicted molar refractivity (Wildman–Crippen MR) is 209 cm³/mol. The van der Waals surface area contributed by atoms with Gasteiger partial charge >= 0.3 is 0 Å². The van der Waals surface area contributed by atoms with Gasteiger partial charge in [-0.2, -0.15) is 0 Å². The fraction of sp³-hybridized carbons (Fsp3) is 0.727. The van der Waals surface area contributed by atoms with Crippen molar-refractivity contribution in [3.63, 3.8) is 0 Å². The number of hydrogen-bond donors (Lipinski definition) is 0. The highest BCUT2D eigenvalue weighted by Gasteiger charge is 2.70. The molecule has 0 radical (unpaired) electrons. The molecule has 1 aromatic carbocycles. The fourth-order valence-electron chi connectivity index (χ4n) is 13.8. The van der Waals surface area contributed by atoms with Crippen LogP contribution in [-0.4, -0.2) is 73.6 Å². The largest absolute Gasteiger partial charge is 0.336 e. The standard InChI is InChI=1S/C41H60N2O4S.C3H6/c1-29(45)43(23-22-42-24-26-48(46,47)27-25-42)41-17-7-8-34(41)33-13-14-36-38(4)18-15-32(31-11-9-30(28-44)10-12-31)37(2,3)35(38)16-19-40(36,6)39(33,5)20-21-41;1-3-2/h9-12,15,28,33-36H,7-8,13-14,16-27H2,1-6H3;3H,1H2,2H3/t33?,34?,35?,36?,38?,39-,40?,41?;/m1./s1. The second kappa shape index (κ2) is 13.9. The van der Waals surface area contributed by atoms with Gasteiger partial charge in [0.25, 0.3) is 0 Å². The van der Waals surface area contributed by atoms with Gasteiger partial charge in [-0.15, -0.1) is 6.58 Å². The minimum atomic E-state index is -2.91. The Morgan fingerprint density at radius 3 is 2.20 bits per heavy atom. The third-order valence-corrected chi connectivity index (χ3v) is 17.9. The number of hydrogen-bond acceptors (Lipinski definition) is 5. The Hall–Kier alpha value is -2.25. The summed E-state index contributed by atoms with van der Waals surface area (Å²) < 4.78 is 24.1. The van der Waals surface area contributed by atoms with Crippen molar-refractivity contribution in [2.75, 3.05) is 37.7 Å². The van der Waals surface area contributed by atoms with Gasteiger partial charge in [0, 0.05) is 44.2 Å². The first-order valence-corrected chi connectivity index (χ1v) is 21.9. The molecule has 7 heteroatoms. The third kappa shape index (κ3) is 6.22. The number of carbonyl (C=O) groups is 2. The molecule has 0 N–H and O–H groups in total. The molecule has 6 aliphatic rings. The molecule has 5 aliphatic carbocycles. The van der Waals surface area contributed by atoms with Gasteiger partial charge in [0.15, 0.2) is 9.84 Å². The van der Waals surface area contributed by atoms with Crippen LogP contribution in [0, 0.1) is 45.3 Å². The normalized spacial score (nSPS) is 39.4. The van der Waals surface area contributed by atoms with E-state index in [9.17, 15) is 18.0 Å². The summed E-state index contributed by atoms with van der Waals surface area (Å²) in [5.41, 5.74) is 4.23. The molecule has 0 bridgehead atoms. The van der Waals surface area contributed by atoms with Gasteiger partial charge < -0.3 is 4.90 Å². The minimum Gasteiger partial charge on any atom is -0.336 e. The molecule has 51 heavy (non-hydrogen) atoms. The lowest BCUT2D eigenvalue weighted by Crippen LogP contribution is -2.68. The molecule has 0 aromatic heterocycles. The molecule has 8 atom stereocenters. The van der Waals surface area contributed by atoms with E-state index in [0.717, 1.165) is 44.2 Å². The molecule has 1 aromatic rings. The van der Waals surface area contributed by atoms with Crippen molar-refractivity contribution in [2.24, 2.45) is 45.3 Å². The van der Waals surface area contributed by atoms with Gasteiger partial charge in [-0.3, -0.25) is 14.5 Å². The first-order valence-electron chi connectivity index (χ1n) is 20.1. The lowest BCUT2D eigenvalue weighted by molar-refractivity contribution is -0.224. The molecule has 7 rings (SSSR count). The number of rotatable bonds is 6. The number of carbonyl (C=O) groups excluding carboxylic acids is 2. The summed E-state index contributed by atoms with van der Waals surface area (Å²) in [5.74, 6) is 3.15. The topological polar surface area (TPSA) is 74.8 Å². The van der Waals surface area contributed by atoms with E-state index < -0.39 is 9.84 Å². The van der Waals surface area contributed by atoms with Crippen LogP contribution in [0.15, 0.2) is 43.0 Å². The Labute approximate surface area is 309 Å². The van der Waals surface area contributed by atoms with E-state index in [1.807, 2.05) is 19.1 Å². The van der Waals surface area contributed by atoms with Crippen LogP contribution in [0.2, 0.25) is 0 Å². The monoisotopic (exact) mass is 718 g/mol. The average molecular weight is 719 g/mol. The fourth-order valence-corrected chi connectivity index (χ4v) is 15.0. The van der Waals surface area contributed by atoms with Crippen molar-refractivity contribution in [3.8, 4) is 0 Å². The van der Waals surface area contributed by atoms with Crippen LogP contribution >= 0.6 is 0 Å². The molecule has 1 heterocycles. The molecule has 0 spiro atoms. The molecular weight excluding hydrogens is 653 g/mol. The highest BCUT2D eigenvalue weighted by molar-refractivity contribution is 7.91. The van der Waals surface area contributed by atoms with Crippen molar-refractivity contribution in [2.45, 2.75) is 118 Å². The Kier molecular flexibility index (Phi) is 10.5. The zero-order valence-electron chi connectivity index (χ0n) is 32.8. The number of allylic oxidation sites excluding steroid dienone is 3. The van der Waals surface area contributed by atoms with E-state index in [-0.39, 0.29) is 44.6 Å². The van der Waals surface area contributed by atoms with Gasteiger partial charge in [0.2, 0.25) is 5.91 Å². The summed E-state index contributed by atoms with van der Waals surface area (Å²) in [6, 6.07) is 8.23. The van der Waals surface area contributed by atoms with Crippen molar-refractivity contribution in [1.82, 2.24) is 9.80 Å². The van der Waals surface area contributed by atoms with Crippen molar-refractivity contribution < 1.29 is 18.0 Å². The molecule has 6 nitrogen and oxygen atoms in total. The van der Waals surface area contributed by atoms with Crippen molar-refractivity contribution in [3.05, 3.63) is 54.1 Å². The van der Waals surface area contributed by atoms with Crippen LogP contribution in [0.3, 0.4) is 0 Å². The maximum Gasteiger partial charge on any atom is 0.219 e. The van der Waals surface area contributed by atoms with Crippen LogP contribution in [0.1, 0.15) is 129 Å². The Bertz CT molecular complexity index is 1620. The number of benzene rings is 1. The van der Waals surface area contributed by atoms with E-state index >= 15 is 0 Å².